The molecule has 0 aliphatic carbocycles. The van der Waals surface area contributed by atoms with Gasteiger partial charge >= 0.3 is 0 Å². The fourth-order valence-electron chi connectivity index (χ4n) is 2.17. The number of rotatable bonds is 3. The molecule has 2 aliphatic rings. The standard InChI is InChI=1S/C9H18N2S/c10-6-9(11-3-1-4-11)8-2-5-12-7-8/h8-9H,1-7,10H2. The Bertz CT molecular complexity index is 141. The molecule has 2 N–H and O–H groups in total. The van der Waals surface area contributed by atoms with E-state index in [1.807, 2.05) is 0 Å². The summed E-state index contributed by atoms with van der Waals surface area (Å²) in [5, 5.41) is 0. The summed E-state index contributed by atoms with van der Waals surface area (Å²) in [4.78, 5) is 2.57. The zero-order valence-corrected chi connectivity index (χ0v) is 8.35. The van der Waals surface area contributed by atoms with Crippen LogP contribution in [0.5, 0.6) is 0 Å². The third kappa shape index (κ3) is 1.63. The number of nitrogens with zero attached hydrogens (tertiary/aromatic N) is 1. The fourth-order valence-corrected chi connectivity index (χ4v) is 3.50. The summed E-state index contributed by atoms with van der Waals surface area (Å²) < 4.78 is 0. The lowest BCUT2D eigenvalue weighted by Crippen LogP contribution is -2.52. The van der Waals surface area contributed by atoms with Gasteiger partial charge in [0.2, 0.25) is 0 Å². The second-order valence-corrected chi connectivity index (χ2v) is 4.97. The maximum atomic E-state index is 5.81. The first kappa shape index (κ1) is 8.85. The van der Waals surface area contributed by atoms with Crippen LogP contribution in [0.4, 0.5) is 0 Å². The van der Waals surface area contributed by atoms with Gasteiger partial charge in [-0.1, -0.05) is 0 Å². The van der Waals surface area contributed by atoms with Crippen LogP contribution in [0.1, 0.15) is 12.8 Å². The maximum Gasteiger partial charge on any atom is 0.0254 e. The largest absolute Gasteiger partial charge is 0.329 e. The zero-order chi connectivity index (χ0) is 8.39. The normalized spacial score (nSPS) is 33.2. The van der Waals surface area contributed by atoms with Gasteiger partial charge in [-0.25, -0.2) is 0 Å². The summed E-state index contributed by atoms with van der Waals surface area (Å²) in [6, 6.07) is 0.703. The van der Waals surface area contributed by atoms with Crippen LogP contribution in [-0.4, -0.2) is 42.1 Å². The Balaban J connectivity index is 1.87. The number of hydrogen-bond donors (Lipinski definition) is 1. The smallest absolute Gasteiger partial charge is 0.0254 e. The Morgan fingerprint density at radius 3 is 2.75 bits per heavy atom. The van der Waals surface area contributed by atoms with Crippen LogP contribution in [0, 0.1) is 5.92 Å². The van der Waals surface area contributed by atoms with Crippen LogP contribution in [0.25, 0.3) is 0 Å². The first-order valence-electron chi connectivity index (χ1n) is 4.93. The highest BCUT2D eigenvalue weighted by Gasteiger charge is 2.31. The van der Waals surface area contributed by atoms with E-state index in [1.54, 1.807) is 0 Å². The third-order valence-corrected chi connectivity index (χ3v) is 4.30. The van der Waals surface area contributed by atoms with Crippen LogP contribution in [0.3, 0.4) is 0 Å². The monoisotopic (exact) mass is 186 g/mol. The average molecular weight is 186 g/mol. The summed E-state index contributed by atoms with van der Waals surface area (Å²) in [7, 11) is 0. The molecule has 12 heavy (non-hydrogen) atoms. The number of likely N-dealkylation sites (tertiary alicyclic amines) is 1. The van der Waals surface area contributed by atoms with Crippen molar-refractivity contribution in [1.29, 1.82) is 0 Å². The quantitative estimate of drug-likeness (QED) is 0.706. The van der Waals surface area contributed by atoms with E-state index in [9.17, 15) is 0 Å². The molecule has 0 aromatic carbocycles. The summed E-state index contributed by atoms with van der Waals surface area (Å²) in [5.74, 6) is 3.59. The second-order valence-electron chi connectivity index (χ2n) is 3.82. The minimum absolute atomic E-state index is 0.703. The van der Waals surface area contributed by atoms with Gasteiger partial charge in [0.05, 0.1) is 0 Å². The van der Waals surface area contributed by atoms with Gasteiger partial charge in [-0.2, -0.15) is 11.8 Å². The Labute approximate surface area is 78.9 Å². The minimum Gasteiger partial charge on any atom is -0.329 e. The molecule has 0 aromatic heterocycles. The first-order valence-corrected chi connectivity index (χ1v) is 6.09. The highest BCUT2D eigenvalue weighted by molar-refractivity contribution is 7.99. The van der Waals surface area contributed by atoms with Crippen LogP contribution >= 0.6 is 11.8 Å². The summed E-state index contributed by atoms with van der Waals surface area (Å²) in [6.07, 6.45) is 2.78. The van der Waals surface area contributed by atoms with Gasteiger partial charge in [-0.15, -0.1) is 0 Å². The fraction of sp³-hybridized carbons (Fsp3) is 1.00. The van der Waals surface area contributed by atoms with E-state index in [-0.39, 0.29) is 0 Å². The molecule has 0 bridgehead atoms. The van der Waals surface area contributed by atoms with E-state index in [0.29, 0.717) is 6.04 Å². The zero-order valence-electron chi connectivity index (χ0n) is 7.54. The number of hydrogen-bond acceptors (Lipinski definition) is 3. The lowest BCUT2D eigenvalue weighted by Gasteiger charge is -2.40. The molecule has 2 nitrogen and oxygen atoms in total. The van der Waals surface area contributed by atoms with Crippen molar-refractivity contribution in [3.05, 3.63) is 0 Å². The SMILES string of the molecule is NCC(C1CCSC1)N1CCC1. The molecular weight excluding hydrogens is 168 g/mol. The van der Waals surface area contributed by atoms with Gasteiger partial charge < -0.3 is 5.73 Å². The Morgan fingerprint density at radius 2 is 2.33 bits per heavy atom. The van der Waals surface area contributed by atoms with Crippen molar-refractivity contribution in [2.24, 2.45) is 11.7 Å². The molecule has 2 heterocycles. The molecular formula is C9H18N2S. The minimum atomic E-state index is 0.703. The van der Waals surface area contributed by atoms with Crippen molar-refractivity contribution in [1.82, 2.24) is 4.90 Å². The Hall–Kier alpha value is 0.270. The predicted octanol–water partition coefficient (Wildman–Crippen LogP) is 0.772. The highest BCUT2D eigenvalue weighted by Crippen LogP contribution is 2.30. The molecule has 0 saturated carbocycles. The molecule has 0 aromatic rings. The van der Waals surface area contributed by atoms with Crippen LogP contribution < -0.4 is 5.73 Å². The molecule has 2 fully saturated rings. The molecule has 0 amide bonds. The van der Waals surface area contributed by atoms with Crippen LogP contribution in [0.2, 0.25) is 0 Å². The molecule has 70 valence electrons. The summed E-state index contributed by atoms with van der Waals surface area (Å²) >= 11 is 2.10. The molecule has 0 spiro atoms. The van der Waals surface area contributed by atoms with Gasteiger partial charge in [0.1, 0.15) is 0 Å². The third-order valence-electron chi connectivity index (χ3n) is 3.11. The molecule has 0 radical (unpaired) electrons. The predicted molar refractivity (Wildman–Crippen MR) is 54.5 cm³/mol. The second kappa shape index (κ2) is 3.99. The average Bonchev–Trinajstić information content (AvgIpc) is 2.47. The van der Waals surface area contributed by atoms with E-state index >= 15 is 0 Å². The van der Waals surface area contributed by atoms with Crippen molar-refractivity contribution >= 4 is 11.8 Å². The summed E-state index contributed by atoms with van der Waals surface area (Å²) in [6.45, 7) is 3.46. The van der Waals surface area contributed by atoms with E-state index in [1.165, 1.54) is 37.4 Å². The van der Waals surface area contributed by atoms with Gasteiger partial charge in [-0.05, 0) is 43.4 Å². The van der Waals surface area contributed by atoms with Crippen molar-refractivity contribution < 1.29 is 0 Å². The van der Waals surface area contributed by atoms with Gasteiger partial charge in [0.15, 0.2) is 0 Å². The molecule has 3 heteroatoms. The number of thioether (sulfide) groups is 1. The molecule has 2 aliphatic heterocycles. The maximum absolute atomic E-state index is 5.81. The van der Waals surface area contributed by atoms with Gasteiger partial charge in [-0.3, -0.25) is 4.90 Å². The first-order chi connectivity index (χ1) is 5.92. The summed E-state index contributed by atoms with van der Waals surface area (Å²) in [5.41, 5.74) is 5.81. The van der Waals surface area contributed by atoms with Crippen LogP contribution in [0.15, 0.2) is 0 Å². The lowest BCUT2D eigenvalue weighted by atomic mass is 9.95. The molecule has 2 atom stereocenters. The van der Waals surface area contributed by atoms with Crippen molar-refractivity contribution in [2.45, 2.75) is 18.9 Å². The van der Waals surface area contributed by atoms with E-state index in [2.05, 4.69) is 16.7 Å². The van der Waals surface area contributed by atoms with Crippen molar-refractivity contribution in [3.8, 4) is 0 Å². The number of nitrogens with two attached hydrogens (primary N) is 1. The highest BCUT2D eigenvalue weighted by atomic mass is 32.2. The van der Waals surface area contributed by atoms with Crippen molar-refractivity contribution in [2.75, 3.05) is 31.1 Å². The van der Waals surface area contributed by atoms with E-state index in [0.717, 1.165) is 12.5 Å². The van der Waals surface area contributed by atoms with Crippen molar-refractivity contribution in [3.63, 3.8) is 0 Å². The topological polar surface area (TPSA) is 29.3 Å². The Kier molecular flexibility index (Phi) is 2.94. The van der Waals surface area contributed by atoms with E-state index < -0.39 is 0 Å². The molecule has 2 rings (SSSR count). The lowest BCUT2D eigenvalue weighted by molar-refractivity contribution is 0.0894. The molecule has 2 saturated heterocycles. The molecule has 2 unspecified atom stereocenters. The van der Waals surface area contributed by atoms with Gasteiger partial charge in [0.25, 0.3) is 0 Å². The van der Waals surface area contributed by atoms with Gasteiger partial charge in [0, 0.05) is 12.6 Å². The van der Waals surface area contributed by atoms with Crippen LogP contribution in [-0.2, 0) is 0 Å². The van der Waals surface area contributed by atoms with E-state index in [4.69, 9.17) is 5.73 Å². The Morgan fingerprint density at radius 1 is 1.50 bits per heavy atom.